The summed E-state index contributed by atoms with van der Waals surface area (Å²) in [5.41, 5.74) is 1.67. The van der Waals surface area contributed by atoms with Crippen molar-refractivity contribution in [3.63, 3.8) is 0 Å². The Bertz CT molecular complexity index is 1070. The van der Waals surface area contributed by atoms with E-state index >= 15 is 0 Å². The lowest BCUT2D eigenvalue weighted by atomic mass is 9.87. The van der Waals surface area contributed by atoms with Crippen LogP contribution in [0.3, 0.4) is 0 Å². The molecule has 1 heterocycles. The summed E-state index contributed by atoms with van der Waals surface area (Å²) in [7, 11) is 0. The van der Waals surface area contributed by atoms with Crippen molar-refractivity contribution in [3.05, 3.63) is 77.9 Å². The third-order valence-electron chi connectivity index (χ3n) is 5.81. The Morgan fingerprint density at radius 1 is 1.03 bits per heavy atom. The molecular formula is C27H31NO4. The lowest BCUT2D eigenvalue weighted by molar-refractivity contribution is -0.0359. The van der Waals surface area contributed by atoms with Gasteiger partial charge in [0, 0.05) is 12.5 Å². The molecule has 32 heavy (non-hydrogen) atoms. The minimum atomic E-state index is -0.535. The van der Waals surface area contributed by atoms with Crippen molar-refractivity contribution in [2.45, 2.75) is 51.4 Å². The van der Waals surface area contributed by atoms with Gasteiger partial charge in [-0.05, 0) is 67.3 Å². The smallest absolute Gasteiger partial charge is 0.410 e. The van der Waals surface area contributed by atoms with Crippen LogP contribution in [0.4, 0.5) is 4.79 Å². The summed E-state index contributed by atoms with van der Waals surface area (Å²) in [5.74, 6) is 0.378. The van der Waals surface area contributed by atoms with Crippen LogP contribution in [0, 0.1) is 0 Å². The Hall–Kier alpha value is -3.05. The second-order valence-corrected chi connectivity index (χ2v) is 9.44. The Kier molecular flexibility index (Phi) is 6.38. The highest BCUT2D eigenvalue weighted by Crippen LogP contribution is 2.33. The lowest BCUT2D eigenvalue weighted by Crippen LogP contribution is -2.48. The van der Waals surface area contributed by atoms with E-state index in [0.29, 0.717) is 19.7 Å². The molecule has 2 unspecified atom stereocenters. The Morgan fingerprint density at radius 2 is 1.75 bits per heavy atom. The first-order chi connectivity index (χ1) is 15.3. The zero-order valence-electron chi connectivity index (χ0n) is 19.0. The highest BCUT2D eigenvalue weighted by atomic mass is 16.6. The predicted octanol–water partition coefficient (Wildman–Crippen LogP) is 5.86. The molecule has 0 aromatic heterocycles. The molecule has 0 bridgehead atoms. The molecule has 4 rings (SSSR count). The number of carbonyl (C=O) groups is 1. The van der Waals surface area contributed by atoms with E-state index < -0.39 is 5.60 Å². The van der Waals surface area contributed by atoms with Crippen LogP contribution in [0.15, 0.2) is 66.7 Å². The number of hydrogen-bond donors (Lipinski definition) is 1. The molecule has 0 saturated carbocycles. The van der Waals surface area contributed by atoms with E-state index in [9.17, 15) is 9.90 Å². The van der Waals surface area contributed by atoms with Gasteiger partial charge in [0.15, 0.2) is 0 Å². The summed E-state index contributed by atoms with van der Waals surface area (Å²) in [6.07, 6.45) is 0.292. The number of nitrogens with zero attached hydrogens (tertiary/aromatic N) is 1. The Labute approximate surface area is 189 Å². The number of amides is 1. The lowest BCUT2D eigenvalue weighted by Gasteiger charge is -2.39. The quantitative estimate of drug-likeness (QED) is 0.560. The van der Waals surface area contributed by atoms with Gasteiger partial charge in [-0.1, -0.05) is 48.5 Å². The molecule has 1 fully saturated rings. The van der Waals surface area contributed by atoms with Gasteiger partial charge in [-0.2, -0.15) is 0 Å². The van der Waals surface area contributed by atoms with Crippen molar-refractivity contribution in [1.82, 2.24) is 4.90 Å². The van der Waals surface area contributed by atoms with Crippen LogP contribution >= 0.6 is 0 Å². The first-order valence-electron chi connectivity index (χ1n) is 11.1. The van der Waals surface area contributed by atoms with Crippen LogP contribution in [0.1, 0.15) is 44.2 Å². The molecule has 1 N–H and O–H groups in total. The highest BCUT2D eigenvalue weighted by molar-refractivity contribution is 5.82. The molecule has 1 aliphatic rings. The first kappa shape index (κ1) is 22.2. The van der Waals surface area contributed by atoms with E-state index in [0.717, 1.165) is 17.5 Å². The average molecular weight is 434 g/mol. The molecule has 5 nitrogen and oxygen atoms in total. The van der Waals surface area contributed by atoms with E-state index in [4.69, 9.17) is 9.47 Å². The fourth-order valence-electron chi connectivity index (χ4n) is 4.21. The van der Waals surface area contributed by atoms with E-state index in [1.165, 1.54) is 10.8 Å². The number of rotatable bonds is 4. The molecule has 3 aromatic rings. The number of ether oxygens (including phenoxy) is 2. The zero-order chi connectivity index (χ0) is 22.7. The van der Waals surface area contributed by atoms with Gasteiger partial charge in [-0.25, -0.2) is 4.79 Å². The van der Waals surface area contributed by atoms with Gasteiger partial charge >= 0.3 is 6.09 Å². The minimum Gasteiger partial charge on any atom is -0.508 e. The van der Waals surface area contributed by atoms with Crippen LogP contribution in [0.5, 0.6) is 5.75 Å². The molecule has 1 saturated heterocycles. The minimum absolute atomic E-state index is 0.134. The normalized spacial score (nSPS) is 19.2. The largest absolute Gasteiger partial charge is 0.508 e. The number of carbonyl (C=O) groups excluding carboxylic acids is 1. The van der Waals surface area contributed by atoms with Crippen LogP contribution in [-0.2, 0) is 16.1 Å². The topological polar surface area (TPSA) is 59.0 Å². The second-order valence-electron chi connectivity index (χ2n) is 9.44. The fourth-order valence-corrected chi connectivity index (χ4v) is 4.21. The van der Waals surface area contributed by atoms with Gasteiger partial charge in [-0.15, -0.1) is 0 Å². The fraction of sp³-hybridized carbons (Fsp3) is 0.370. The number of fused-ring (bicyclic) bond motifs is 1. The summed E-state index contributed by atoms with van der Waals surface area (Å²) >= 11 is 0. The monoisotopic (exact) mass is 433 g/mol. The number of piperidine rings is 1. The molecule has 2 atom stereocenters. The maximum absolute atomic E-state index is 12.7. The molecule has 0 radical (unpaired) electrons. The third-order valence-corrected chi connectivity index (χ3v) is 5.81. The van der Waals surface area contributed by atoms with Crippen LogP contribution in [0.25, 0.3) is 10.8 Å². The van der Waals surface area contributed by atoms with Crippen molar-refractivity contribution in [2.75, 3.05) is 13.1 Å². The molecule has 0 aliphatic carbocycles. The summed E-state index contributed by atoms with van der Waals surface area (Å²) in [4.78, 5) is 14.4. The number of phenolic OH excluding ortho intramolecular Hbond substituents is 1. The maximum atomic E-state index is 12.7. The maximum Gasteiger partial charge on any atom is 0.410 e. The van der Waals surface area contributed by atoms with Gasteiger partial charge in [0.05, 0.1) is 19.3 Å². The highest BCUT2D eigenvalue weighted by Gasteiger charge is 2.35. The first-order valence-corrected chi connectivity index (χ1v) is 11.1. The van der Waals surface area contributed by atoms with Gasteiger partial charge in [0.1, 0.15) is 11.4 Å². The van der Waals surface area contributed by atoms with Gasteiger partial charge in [-0.3, -0.25) is 0 Å². The average Bonchev–Trinajstić information content (AvgIpc) is 2.77. The number of phenols is 1. The van der Waals surface area contributed by atoms with Crippen LogP contribution < -0.4 is 0 Å². The third kappa shape index (κ3) is 5.40. The Morgan fingerprint density at radius 3 is 2.47 bits per heavy atom. The van der Waals surface area contributed by atoms with E-state index in [-0.39, 0.29) is 23.9 Å². The van der Waals surface area contributed by atoms with E-state index in [2.05, 4.69) is 30.3 Å². The van der Waals surface area contributed by atoms with Crippen molar-refractivity contribution in [2.24, 2.45) is 0 Å². The van der Waals surface area contributed by atoms with Crippen molar-refractivity contribution < 1.29 is 19.4 Å². The number of benzene rings is 3. The van der Waals surface area contributed by atoms with Crippen molar-refractivity contribution >= 4 is 16.9 Å². The van der Waals surface area contributed by atoms with Crippen molar-refractivity contribution in [3.8, 4) is 5.75 Å². The van der Waals surface area contributed by atoms with Crippen LogP contribution in [-0.4, -0.2) is 40.9 Å². The molecule has 3 aromatic carbocycles. The molecule has 1 aliphatic heterocycles. The molecule has 1 amide bonds. The zero-order valence-corrected chi connectivity index (χ0v) is 19.0. The predicted molar refractivity (Wildman–Crippen MR) is 126 cm³/mol. The summed E-state index contributed by atoms with van der Waals surface area (Å²) in [5, 5.41) is 12.1. The molecule has 168 valence electrons. The SMILES string of the molecule is CC(C)(C)OC(=O)N1CCC(c2ccc(O)cc2)C(OCc2ccc3ccccc3c2)C1. The Balaban J connectivity index is 1.52. The summed E-state index contributed by atoms with van der Waals surface area (Å²) in [6, 6.07) is 21.9. The van der Waals surface area contributed by atoms with E-state index in [1.54, 1.807) is 17.0 Å². The summed E-state index contributed by atoms with van der Waals surface area (Å²) < 4.78 is 12.0. The number of aromatic hydroxyl groups is 1. The van der Waals surface area contributed by atoms with Gasteiger partial charge in [0.2, 0.25) is 0 Å². The molecule has 5 heteroatoms. The molecular weight excluding hydrogens is 402 g/mol. The second kappa shape index (κ2) is 9.21. The van der Waals surface area contributed by atoms with Crippen LogP contribution in [0.2, 0.25) is 0 Å². The molecule has 0 spiro atoms. The number of likely N-dealkylation sites (tertiary alicyclic amines) is 1. The van der Waals surface area contributed by atoms with Crippen molar-refractivity contribution in [1.29, 1.82) is 0 Å². The van der Waals surface area contributed by atoms with E-state index in [1.807, 2.05) is 45.0 Å². The van der Waals surface area contributed by atoms with Gasteiger partial charge in [0.25, 0.3) is 0 Å². The summed E-state index contributed by atoms with van der Waals surface area (Å²) in [6.45, 7) is 7.17. The van der Waals surface area contributed by atoms with Gasteiger partial charge < -0.3 is 19.5 Å². The standard InChI is InChI=1S/C27H31NO4/c1-27(2,3)32-26(30)28-15-14-24(21-10-12-23(29)13-11-21)25(17-28)31-18-19-8-9-20-6-4-5-7-22(20)16-19/h4-13,16,24-25,29H,14-15,17-18H2,1-3H3. The number of hydrogen-bond acceptors (Lipinski definition) is 4.